The van der Waals surface area contributed by atoms with Crippen LogP contribution in [-0.2, 0) is 6.54 Å². The summed E-state index contributed by atoms with van der Waals surface area (Å²) in [5, 5.41) is 1.22. The maximum Gasteiger partial charge on any atom is 0.108 e. The lowest BCUT2D eigenvalue weighted by Crippen LogP contribution is -2.27. The first-order chi connectivity index (χ1) is 8.76. The summed E-state index contributed by atoms with van der Waals surface area (Å²) in [6, 6.07) is 8.99. The molecule has 0 spiro atoms. The van der Waals surface area contributed by atoms with Crippen LogP contribution < -0.4 is 5.73 Å². The molecule has 0 bridgehead atoms. The molecule has 1 saturated heterocycles. The molecular formula is C14H21Cl2N3S. The fourth-order valence-electron chi connectivity index (χ4n) is 2.77. The van der Waals surface area contributed by atoms with Gasteiger partial charge in [-0.25, -0.2) is 4.98 Å². The van der Waals surface area contributed by atoms with Gasteiger partial charge in [0.05, 0.1) is 16.8 Å². The van der Waals surface area contributed by atoms with Gasteiger partial charge in [-0.05, 0) is 37.9 Å². The Morgan fingerprint density at radius 1 is 1.35 bits per heavy atom. The molecule has 1 aliphatic rings. The Balaban J connectivity index is 0.000001000. The number of nitrogens with zero attached hydrogens (tertiary/aromatic N) is 2. The predicted molar refractivity (Wildman–Crippen MR) is 91.1 cm³/mol. The molecule has 2 N–H and O–H groups in total. The Bertz CT molecular complexity index is 513. The molecule has 1 aliphatic heterocycles. The number of rotatable bonds is 3. The van der Waals surface area contributed by atoms with Gasteiger partial charge >= 0.3 is 0 Å². The number of para-hydroxylation sites is 1. The quantitative estimate of drug-likeness (QED) is 0.936. The lowest BCUT2D eigenvalue weighted by Gasteiger charge is -2.19. The zero-order chi connectivity index (χ0) is 12.5. The maximum absolute atomic E-state index is 5.77. The number of hydrogen-bond donors (Lipinski definition) is 1. The minimum absolute atomic E-state index is 0. The molecule has 6 heteroatoms. The average Bonchev–Trinajstić information content (AvgIpc) is 2.93. The summed E-state index contributed by atoms with van der Waals surface area (Å²) in [7, 11) is 0. The highest BCUT2D eigenvalue weighted by Gasteiger charge is 2.28. The van der Waals surface area contributed by atoms with Gasteiger partial charge in [0.1, 0.15) is 5.01 Å². The van der Waals surface area contributed by atoms with Crippen LogP contribution >= 0.6 is 36.2 Å². The van der Waals surface area contributed by atoms with Gasteiger partial charge in [0.15, 0.2) is 0 Å². The van der Waals surface area contributed by atoms with E-state index in [9.17, 15) is 0 Å². The Labute approximate surface area is 136 Å². The van der Waals surface area contributed by atoms with E-state index in [1.807, 2.05) is 11.3 Å². The summed E-state index contributed by atoms with van der Waals surface area (Å²) in [4.78, 5) is 7.22. The summed E-state index contributed by atoms with van der Waals surface area (Å²) in [5.41, 5.74) is 6.90. The third-order valence-electron chi connectivity index (χ3n) is 3.80. The molecule has 0 aliphatic carbocycles. The number of aromatic nitrogens is 1. The number of fused-ring (bicyclic) bond motifs is 1. The molecule has 2 aromatic rings. The molecule has 1 aromatic heterocycles. The van der Waals surface area contributed by atoms with Crippen molar-refractivity contribution in [1.82, 2.24) is 9.88 Å². The Kier molecular flexibility index (Phi) is 6.69. The van der Waals surface area contributed by atoms with E-state index in [1.54, 1.807) is 0 Å². The van der Waals surface area contributed by atoms with Crippen LogP contribution in [-0.4, -0.2) is 29.0 Å². The SMILES string of the molecule is CC1CC(CN)CN1Cc1nc2ccccc2s1.Cl.Cl. The third kappa shape index (κ3) is 3.62. The van der Waals surface area contributed by atoms with Crippen molar-refractivity contribution in [3.8, 4) is 0 Å². The Morgan fingerprint density at radius 2 is 2.10 bits per heavy atom. The van der Waals surface area contributed by atoms with Crippen molar-refractivity contribution in [2.45, 2.75) is 25.9 Å². The van der Waals surface area contributed by atoms with Gasteiger partial charge in [-0.2, -0.15) is 0 Å². The zero-order valence-corrected chi connectivity index (χ0v) is 13.9. The number of hydrogen-bond acceptors (Lipinski definition) is 4. The molecule has 2 atom stereocenters. The highest BCUT2D eigenvalue weighted by atomic mass is 35.5. The molecular weight excluding hydrogens is 313 g/mol. The van der Waals surface area contributed by atoms with Gasteiger partial charge in [0, 0.05) is 12.6 Å². The van der Waals surface area contributed by atoms with Gasteiger partial charge in [0.2, 0.25) is 0 Å². The van der Waals surface area contributed by atoms with Crippen molar-refractivity contribution in [1.29, 1.82) is 0 Å². The second kappa shape index (κ2) is 7.57. The Morgan fingerprint density at radius 3 is 2.75 bits per heavy atom. The maximum atomic E-state index is 5.77. The fraction of sp³-hybridized carbons (Fsp3) is 0.500. The molecule has 20 heavy (non-hydrogen) atoms. The lowest BCUT2D eigenvalue weighted by atomic mass is 10.1. The molecule has 1 aromatic carbocycles. The zero-order valence-electron chi connectivity index (χ0n) is 11.5. The van der Waals surface area contributed by atoms with E-state index in [4.69, 9.17) is 10.7 Å². The van der Waals surface area contributed by atoms with E-state index < -0.39 is 0 Å². The molecule has 2 unspecified atom stereocenters. The standard InChI is InChI=1S/C14H19N3S.2ClH/c1-10-6-11(7-15)8-17(10)9-14-16-12-4-2-3-5-13(12)18-14;;/h2-5,10-11H,6-9,15H2,1H3;2*1H. The molecule has 3 rings (SSSR count). The van der Waals surface area contributed by atoms with Gasteiger partial charge in [-0.1, -0.05) is 12.1 Å². The van der Waals surface area contributed by atoms with Crippen LogP contribution in [0.1, 0.15) is 18.4 Å². The molecule has 3 nitrogen and oxygen atoms in total. The van der Waals surface area contributed by atoms with Crippen molar-refractivity contribution in [2.75, 3.05) is 13.1 Å². The van der Waals surface area contributed by atoms with E-state index >= 15 is 0 Å². The van der Waals surface area contributed by atoms with Crippen molar-refractivity contribution in [3.63, 3.8) is 0 Å². The monoisotopic (exact) mass is 333 g/mol. The van der Waals surface area contributed by atoms with Gasteiger partial charge in [-0.15, -0.1) is 36.2 Å². The highest BCUT2D eigenvalue weighted by molar-refractivity contribution is 7.18. The van der Waals surface area contributed by atoms with Gasteiger partial charge < -0.3 is 5.73 Å². The number of likely N-dealkylation sites (tertiary alicyclic amines) is 1. The topological polar surface area (TPSA) is 42.1 Å². The largest absolute Gasteiger partial charge is 0.330 e. The molecule has 112 valence electrons. The van der Waals surface area contributed by atoms with Crippen molar-refractivity contribution >= 4 is 46.4 Å². The number of benzene rings is 1. The summed E-state index contributed by atoms with van der Waals surface area (Å²) >= 11 is 1.81. The lowest BCUT2D eigenvalue weighted by molar-refractivity contribution is 0.255. The minimum Gasteiger partial charge on any atom is -0.330 e. The van der Waals surface area contributed by atoms with Gasteiger partial charge in [-0.3, -0.25) is 4.90 Å². The normalized spacial score (nSPS) is 22.5. The second-order valence-electron chi connectivity index (χ2n) is 5.19. The van der Waals surface area contributed by atoms with E-state index in [1.165, 1.54) is 16.1 Å². The molecule has 1 fully saturated rings. The van der Waals surface area contributed by atoms with Gasteiger partial charge in [0.25, 0.3) is 0 Å². The molecule has 0 amide bonds. The second-order valence-corrected chi connectivity index (χ2v) is 6.31. The van der Waals surface area contributed by atoms with Crippen LogP contribution in [0.2, 0.25) is 0 Å². The van der Waals surface area contributed by atoms with E-state index in [0.29, 0.717) is 12.0 Å². The first-order valence-corrected chi connectivity index (χ1v) is 7.36. The summed E-state index contributed by atoms with van der Waals surface area (Å²) < 4.78 is 1.29. The molecule has 0 radical (unpaired) electrons. The molecule has 2 heterocycles. The number of nitrogens with two attached hydrogens (primary N) is 1. The Hall–Kier alpha value is -0.390. The predicted octanol–water partition coefficient (Wildman–Crippen LogP) is 3.31. The van der Waals surface area contributed by atoms with E-state index in [-0.39, 0.29) is 24.8 Å². The first kappa shape index (κ1) is 17.7. The van der Waals surface area contributed by atoms with Crippen LogP contribution in [0.3, 0.4) is 0 Å². The van der Waals surface area contributed by atoms with Crippen molar-refractivity contribution in [2.24, 2.45) is 11.7 Å². The summed E-state index contributed by atoms with van der Waals surface area (Å²) in [5.74, 6) is 0.661. The smallest absolute Gasteiger partial charge is 0.108 e. The van der Waals surface area contributed by atoms with Crippen LogP contribution in [0.4, 0.5) is 0 Å². The minimum atomic E-state index is 0. The van der Waals surface area contributed by atoms with Crippen LogP contribution in [0, 0.1) is 5.92 Å². The fourth-order valence-corrected chi connectivity index (χ4v) is 3.76. The highest BCUT2D eigenvalue weighted by Crippen LogP contribution is 2.27. The average molecular weight is 334 g/mol. The summed E-state index contributed by atoms with van der Waals surface area (Å²) in [6.45, 7) is 5.19. The van der Waals surface area contributed by atoms with Crippen LogP contribution in [0.5, 0.6) is 0 Å². The first-order valence-electron chi connectivity index (χ1n) is 6.55. The van der Waals surface area contributed by atoms with E-state index in [2.05, 4.69) is 36.1 Å². The van der Waals surface area contributed by atoms with Crippen LogP contribution in [0.15, 0.2) is 24.3 Å². The van der Waals surface area contributed by atoms with Crippen LogP contribution in [0.25, 0.3) is 10.2 Å². The van der Waals surface area contributed by atoms with Crippen molar-refractivity contribution < 1.29 is 0 Å². The van der Waals surface area contributed by atoms with E-state index in [0.717, 1.165) is 25.2 Å². The molecule has 0 saturated carbocycles. The third-order valence-corrected chi connectivity index (χ3v) is 4.82. The number of halogens is 2. The number of thiazole rings is 1. The summed E-state index contributed by atoms with van der Waals surface area (Å²) in [6.07, 6.45) is 1.22. The van der Waals surface area contributed by atoms with Crippen molar-refractivity contribution in [3.05, 3.63) is 29.3 Å².